The fourth-order valence-corrected chi connectivity index (χ4v) is 1.49. The molecule has 1 heterocycles. The summed E-state index contributed by atoms with van der Waals surface area (Å²) < 4.78 is 5.38. The number of hydrogen-bond acceptors (Lipinski definition) is 4. The van der Waals surface area contributed by atoms with Crippen LogP contribution in [0, 0.1) is 6.92 Å². The summed E-state index contributed by atoms with van der Waals surface area (Å²) in [5, 5.41) is 1.08. The first kappa shape index (κ1) is 10.6. The summed E-state index contributed by atoms with van der Waals surface area (Å²) in [5.74, 6) is 5.83. The molecule has 0 bridgehead atoms. The highest BCUT2D eigenvalue weighted by molar-refractivity contribution is 5.80. The average molecular weight is 219 g/mol. The number of oxazole rings is 1. The Kier molecular flexibility index (Phi) is 2.62. The summed E-state index contributed by atoms with van der Waals surface area (Å²) in [4.78, 5) is 15.6. The molecule has 0 saturated heterocycles. The molecule has 0 aliphatic carbocycles. The lowest BCUT2D eigenvalue weighted by Gasteiger charge is -2.09. The van der Waals surface area contributed by atoms with Gasteiger partial charge in [0, 0.05) is 14.0 Å². The molecule has 5 heteroatoms. The SMILES string of the molecule is Cc1nc2ccc(CC(=O)N(C)N)cc2o1. The quantitative estimate of drug-likeness (QED) is 0.465. The van der Waals surface area contributed by atoms with E-state index in [0.29, 0.717) is 11.5 Å². The maximum Gasteiger partial charge on any atom is 0.240 e. The van der Waals surface area contributed by atoms with Gasteiger partial charge in [0.1, 0.15) is 5.52 Å². The molecule has 16 heavy (non-hydrogen) atoms. The zero-order valence-electron chi connectivity index (χ0n) is 9.23. The van der Waals surface area contributed by atoms with Crippen molar-refractivity contribution in [1.29, 1.82) is 0 Å². The van der Waals surface area contributed by atoms with Gasteiger partial charge in [-0.15, -0.1) is 0 Å². The lowest BCUT2D eigenvalue weighted by Crippen LogP contribution is -2.34. The molecular formula is C11H13N3O2. The standard InChI is InChI=1S/C11H13N3O2/c1-7-13-9-4-3-8(5-10(9)16-7)6-11(15)14(2)12/h3-5H,6,12H2,1-2H3. The summed E-state index contributed by atoms with van der Waals surface area (Å²) in [6.07, 6.45) is 0.267. The molecule has 0 aliphatic heterocycles. The van der Waals surface area contributed by atoms with E-state index in [2.05, 4.69) is 4.98 Å². The number of hydrazine groups is 1. The third kappa shape index (κ3) is 2.04. The monoisotopic (exact) mass is 219 g/mol. The first-order valence-electron chi connectivity index (χ1n) is 4.93. The third-order valence-corrected chi connectivity index (χ3v) is 2.31. The smallest absolute Gasteiger partial charge is 0.240 e. The number of rotatable bonds is 2. The van der Waals surface area contributed by atoms with E-state index in [9.17, 15) is 4.79 Å². The molecule has 1 amide bonds. The fourth-order valence-electron chi connectivity index (χ4n) is 1.49. The minimum absolute atomic E-state index is 0.143. The Morgan fingerprint density at radius 2 is 2.31 bits per heavy atom. The lowest BCUT2D eigenvalue weighted by atomic mass is 10.1. The highest BCUT2D eigenvalue weighted by atomic mass is 16.3. The topological polar surface area (TPSA) is 72.4 Å². The van der Waals surface area contributed by atoms with Crippen LogP contribution in [0.15, 0.2) is 22.6 Å². The number of hydrogen-bond donors (Lipinski definition) is 1. The first-order valence-corrected chi connectivity index (χ1v) is 4.93. The molecule has 84 valence electrons. The van der Waals surface area contributed by atoms with Gasteiger partial charge < -0.3 is 4.42 Å². The Bertz CT molecular complexity index is 531. The lowest BCUT2D eigenvalue weighted by molar-refractivity contribution is -0.129. The Labute approximate surface area is 92.8 Å². The molecule has 2 aromatic rings. The molecule has 0 unspecified atom stereocenters. The van der Waals surface area contributed by atoms with Crippen LogP contribution < -0.4 is 5.84 Å². The van der Waals surface area contributed by atoms with E-state index in [0.717, 1.165) is 16.1 Å². The number of nitrogens with zero attached hydrogens (tertiary/aromatic N) is 2. The van der Waals surface area contributed by atoms with Crippen LogP contribution in [0.2, 0.25) is 0 Å². The molecular weight excluding hydrogens is 206 g/mol. The van der Waals surface area contributed by atoms with E-state index < -0.39 is 0 Å². The van der Waals surface area contributed by atoms with Crippen molar-refractivity contribution in [3.8, 4) is 0 Å². The van der Waals surface area contributed by atoms with Crippen molar-refractivity contribution in [3.05, 3.63) is 29.7 Å². The van der Waals surface area contributed by atoms with Crippen molar-refractivity contribution in [2.75, 3.05) is 7.05 Å². The number of amides is 1. The molecule has 0 fully saturated rings. The van der Waals surface area contributed by atoms with Gasteiger partial charge in [0.15, 0.2) is 11.5 Å². The Hall–Kier alpha value is -1.88. The summed E-state index contributed by atoms with van der Waals surface area (Å²) in [6.45, 7) is 1.79. The van der Waals surface area contributed by atoms with Crippen molar-refractivity contribution in [1.82, 2.24) is 9.99 Å². The van der Waals surface area contributed by atoms with Crippen LogP contribution in [0.5, 0.6) is 0 Å². The number of aromatic nitrogens is 1. The first-order chi connectivity index (χ1) is 7.56. The third-order valence-electron chi connectivity index (χ3n) is 2.31. The number of benzene rings is 1. The van der Waals surface area contributed by atoms with Crippen LogP contribution in [0.4, 0.5) is 0 Å². The van der Waals surface area contributed by atoms with Gasteiger partial charge in [-0.3, -0.25) is 9.80 Å². The maximum absolute atomic E-state index is 11.4. The van der Waals surface area contributed by atoms with Crippen molar-refractivity contribution in [2.24, 2.45) is 5.84 Å². The number of carbonyl (C=O) groups is 1. The van der Waals surface area contributed by atoms with Crippen LogP contribution in [0.1, 0.15) is 11.5 Å². The zero-order chi connectivity index (χ0) is 11.7. The van der Waals surface area contributed by atoms with Gasteiger partial charge in [0.05, 0.1) is 6.42 Å². The second-order valence-electron chi connectivity index (χ2n) is 3.72. The summed E-state index contributed by atoms with van der Waals surface area (Å²) in [5.41, 5.74) is 2.36. The van der Waals surface area contributed by atoms with Gasteiger partial charge in [-0.2, -0.15) is 0 Å². The summed E-state index contributed by atoms with van der Waals surface area (Å²) in [7, 11) is 1.53. The highest BCUT2D eigenvalue weighted by Crippen LogP contribution is 2.17. The minimum atomic E-state index is -0.143. The molecule has 1 aromatic heterocycles. The van der Waals surface area contributed by atoms with Crippen LogP contribution in [0.25, 0.3) is 11.1 Å². The summed E-state index contributed by atoms with van der Waals surface area (Å²) >= 11 is 0. The molecule has 0 aliphatic rings. The minimum Gasteiger partial charge on any atom is -0.441 e. The Morgan fingerprint density at radius 3 is 3.00 bits per heavy atom. The van der Waals surface area contributed by atoms with E-state index in [1.165, 1.54) is 7.05 Å². The molecule has 0 atom stereocenters. The molecule has 5 nitrogen and oxygen atoms in total. The zero-order valence-corrected chi connectivity index (χ0v) is 9.23. The molecule has 2 rings (SSSR count). The van der Waals surface area contributed by atoms with Gasteiger partial charge >= 0.3 is 0 Å². The molecule has 1 aromatic carbocycles. The normalized spacial score (nSPS) is 10.7. The second-order valence-corrected chi connectivity index (χ2v) is 3.72. The van der Waals surface area contributed by atoms with E-state index in [1.54, 1.807) is 6.92 Å². The van der Waals surface area contributed by atoms with Crippen molar-refractivity contribution in [3.63, 3.8) is 0 Å². The van der Waals surface area contributed by atoms with Gasteiger partial charge in [-0.1, -0.05) is 6.07 Å². The van der Waals surface area contributed by atoms with Gasteiger partial charge in [0.25, 0.3) is 0 Å². The van der Waals surface area contributed by atoms with E-state index in [4.69, 9.17) is 10.3 Å². The van der Waals surface area contributed by atoms with Crippen molar-refractivity contribution in [2.45, 2.75) is 13.3 Å². The predicted octanol–water partition coefficient (Wildman–Crippen LogP) is 1.01. The number of nitrogens with two attached hydrogens (primary N) is 1. The van der Waals surface area contributed by atoms with Gasteiger partial charge in [-0.05, 0) is 17.7 Å². The number of carbonyl (C=O) groups excluding carboxylic acids is 1. The Balaban J connectivity index is 2.29. The van der Waals surface area contributed by atoms with Crippen LogP contribution in [-0.4, -0.2) is 22.9 Å². The molecule has 2 N–H and O–H groups in total. The fraction of sp³-hybridized carbons (Fsp3) is 0.273. The maximum atomic E-state index is 11.4. The largest absolute Gasteiger partial charge is 0.441 e. The number of fused-ring (bicyclic) bond motifs is 1. The van der Waals surface area contributed by atoms with Gasteiger partial charge in [-0.25, -0.2) is 10.8 Å². The predicted molar refractivity (Wildman–Crippen MR) is 59.4 cm³/mol. The van der Waals surface area contributed by atoms with Crippen LogP contribution >= 0.6 is 0 Å². The molecule has 0 spiro atoms. The van der Waals surface area contributed by atoms with Crippen molar-refractivity contribution < 1.29 is 9.21 Å². The van der Waals surface area contributed by atoms with Crippen LogP contribution in [-0.2, 0) is 11.2 Å². The molecule has 0 radical (unpaired) electrons. The summed E-state index contributed by atoms with van der Waals surface area (Å²) in [6, 6.07) is 5.51. The van der Waals surface area contributed by atoms with Crippen LogP contribution in [0.3, 0.4) is 0 Å². The van der Waals surface area contributed by atoms with E-state index >= 15 is 0 Å². The van der Waals surface area contributed by atoms with E-state index in [1.807, 2.05) is 18.2 Å². The van der Waals surface area contributed by atoms with E-state index in [-0.39, 0.29) is 12.3 Å². The second kappa shape index (κ2) is 3.94. The average Bonchev–Trinajstić information content (AvgIpc) is 2.57. The molecule has 0 saturated carbocycles. The number of likely N-dealkylation sites (N-methyl/N-ethyl adjacent to an activating group) is 1. The highest BCUT2D eigenvalue weighted by Gasteiger charge is 2.08. The Morgan fingerprint density at radius 1 is 1.56 bits per heavy atom. The van der Waals surface area contributed by atoms with Crippen molar-refractivity contribution >= 4 is 17.0 Å². The number of aryl methyl sites for hydroxylation is 1. The van der Waals surface area contributed by atoms with Gasteiger partial charge in [0.2, 0.25) is 5.91 Å².